The Labute approximate surface area is 195 Å². The first-order chi connectivity index (χ1) is 15.9. The van der Waals surface area contributed by atoms with Gasteiger partial charge in [0.25, 0.3) is 10.0 Å². The highest BCUT2D eigenvalue weighted by atomic mass is 32.2. The molecular formula is C27H26N2O3S. The van der Waals surface area contributed by atoms with Crippen LogP contribution in [0.4, 0.5) is 11.4 Å². The van der Waals surface area contributed by atoms with Gasteiger partial charge >= 0.3 is 0 Å². The van der Waals surface area contributed by atoms with Crippen molar-refractivity contribution in [3.8, 4) is 11.5 Å². The number of sulfonamides is 1. The molecule has 0 bridgehead atoms. The van der Waals surface area contributed by atoms with Crippen LogP contribution in [-0.4, -0.2) is 22.5 Å². The Kier molecular flexibility index (Phi) is 6.66. The maximum Gasteiger partial charge on any atom is 0.264 e. The van der Waals surface area contributed by atoms with Gasteiger partial charge in [0.15, 0.2) is 0 Å². The first-order valence-corrected chi connectivity index (χ1v) is 12.0. The molecule has 4 aromatic rings. The minimum Gasteiger partial charge on any atom is -0.457 e. The van der Waals surface area contributed by atoms with Crippen LogP contribution in [0.5, 0.6) is 11.5 Å². The Morgan fingerprint density at radius 3 is 1.73 bits per heavy atom. The molecule has 0 heterocycles. The molecule has 0 aliphatic carbocycles. The fourth-order valence-electron chi connectivity index (χ4n) is 3.41. The first-order valence-electron chi connectivity index (χ1n) is 10.6. The number of ether oxygens (including phenoxy) is 1. The van der Waals surface area contributed by atoms with Crippen LogP contribution in [0.25, 0.3) is 0 Å². The largest absolute Gasteiger partial charge is 0.457 e. The fourth-order valence-corrected chi connectivity index (χ4v) is 4.87. The van der Waals surface area contributed by atoms with Crippen molar-refractivity contribution >= 4 is 21.4 Å². The second kappa shape index (κ2) is 9.79. The van der Waals surface area contributed by atoms with E-state index < -0.39 is 10.0 Å². The van der Waals surface area contributed by atoms with E-state index in [0.29, 0.717) is 11.4 Å². The monoisotopic (exact) mass is 458 g/mol. The third-order valence-electron chi connectivity index (χ3n) is 5.21. The molecule has 0 aliphatic heterocycles. The van der Waals surface area contributed by atoms with Gasteiger partial charge in [-0.25, -0.2) is 8.42 Å². The van der Waals surface area contributed by atoms with E-state index in [1.165, 1.54) is 4.31 Å². The van der Waals surface area contributed by atoms with Crippen LogP contribution >= 0.6 is 0 Å². The third kappa shape index (κ3) is 5.35. The zero-order valence-electron chi connectivity index (χ0n) is 18.6. The van der Waals surface area contributed by atoms with Crippen LogP contribution in [0.3, 0.4) is 0 Å². The first kappa shape index (κ1) is 22.4. The quantitative estimate of drug-likeness (QED) is 0.328. The summed E-state index contributed by atoms with van der Waals surface area (Å²) >= 11 is 0. The van der Waals surface area contributed by atoms with Gasteiger partial charge in [-0.05, 0) is 66.2 Å². The molecule has 5 nitrogen and oxygen atoms in total. The van der Waals surface area contributed by atoms with Gasteiger partial charge in [0.1, 0.15) is 11.5 Å². The maximum absolute atomic E-state index is 13.7. The zero-order chi connectivity index (χ0) is 23.3. The highest BCUT2D eigenvalue weighted by Gasteiger charge is 2.25. The lowest BCUT2D eigenvalue weighted by Gasteiger charge is -2.25. The lowest BCUT2D eigenvalue weighted by molar-refractivity contribution is 0.482. The number of nitrogens with zero attached hydrogens (tertiary/aromatic N) is 2. The molecular weight excluding hydrogens is 432 g/mol. The Bertz CT molecular complexity index is 1270. The lowest BCUT2D eigenvalue weighted by atomic mass is 10.2. The molecule has 168 valence electrons. The summed E-state index contributed by atoms with van der Waals surface area (Å²) in [4.78, 5) is 2.18. The van der Waals surface area contributed by atoms with E-state index in [1.54, 1.807) is 36.4 Å². The Hall–Kier alpha value is -3.77. The van der Waals surface area contributed by atoms with Crippen molar-refractivity contribution in [3.63, 3.8) is 0 Å². The number of rotatable bonds is 8. The predicted molar refractivity (Wildman–Crippen MR) is 134 cm³/mol. The van der Waals surface area contributed by atoms with Gasteiger partial charge in [0, 0.05) is 19.8 Å². The van der Waals surface area contributed by atoms with E-state index in [1.807, 2.05) is 91.8 Å². The standard InChI is InChI=1S/C27H26N2O3S/c1-28(2)23-15-19-27(20-16-23)33(30,31)29(21-22-9-5-3-6-10-22)24-13-17-26(18-14-24)32-25-11-7-4-8-12-25/h3-20H,21H2,1-2H3. The van der Waals surface area contributed by atoms with Crippen molar-refractivity contribution < 1.29 is 13.2 Å². The number of anilines is 2. The summed E-state index contributed by atoms with van der Waals surface area (Å²) in [5, 5.41) is 0. The molecule has 0 saturated carbocycles. The SMILES string of the molecule is CN(C)c1ccc(S(=O)(=O)N(Cc2ccccc2)c2ccc(Oc3ccccc3)cc2)cc1. The van der Waals surface area contributed by atoms with Crippen molar-refractivity contribution in [1.82, 2.24) is 0 Å². The van der Waals surface area contributed by atoms with Gasteiger partial charge in [0.2, 0.25) is 0 Å². The summed E-state index contributed by atoms with van der Waals surface area (Å²) in [7, 11) is 0.0493. The average molecular weight is 459 g/mol. The topological polar surface area (TPSA) is 49.9 Å². The predicted octanol–water partition coefficient (Wildman–Crippen LogP) is 5.94. The zero-order valence-corrected chi connectivity index (χ0v) is 19.4. The van der Waals surface area contributed by atoms with Crippen molar-refractivity contribution in [2.75, 3.05) is 23.3 Å². The summed E-state index contributed by atoms with van der Waals surface area (Å²) in [6.45, 7) is 0.220. The van der Waals surface area contributed by atoms with Crippen LogP contribution in [0, 0.1) is 0 Å². The average Bonchev–Trinajstić information content (AvgIpc) is 2.84. The van der Waals surface area contributed by atoms with E-state index >= 15 is 0 Å². The molecule has 4 aromatic carbocycles. The molecule has 0 N–H and O–H groups in total. The summed E-state index contributed by atoms with van der Waals surface area (Å²) < 4.78 is 34.6. The van der Waals surface area contributed by atoms with Gasteiger partial charge < -0.3 is 9.64 Å². The molecule has 0 amide bonds. The van der Waals surface area contributed by atoms with Crippen LogP contribution in [-0.2, 0) is 16.6 Å². The van der Waals surface area contributed by atoms with Gasteiger partial charge in [0.05, 0.1) is 17.1 Å². The van der Waals surface area contributed by atoms with E-state index in [2.05, 4.69) is 0 Å². The summed E-state index contributed by atoms with van der Waals surface area (Å²) in [6, 6.07) is 33.1. The van der Waals surface area contributed by atoms with Crippen molar-refractivity contribution in [2.45, 2.75) is 11.4 Å². The Morgan fingerprint density at radius 1 is 0.636 bits per heavy atom. The fraction of sp³-hybridized carbons (Fsp3) is 0.111. The summed E-state index contributed by atoms with van der Waals surface area (Å²) in [6.07, 6.45) is 0. The normalized spacial score (nSPS) is 11.1. The van der Waals surface area contributed by atoms with Gasteiger partial charge in [-0.2, -0.15) is 0 Å². The van der Waals surface area contributed by atoms with Crippen LogP contribution in [0.2, 0.25) is 0 Å². The van der Waals surface area contributed by atoms with Crippen molar-refractivity contribution in [1.29, 1.82) is 0 Å². The van der Waals surface area contributed by atoms with E-state index in [9.17, 15) is 8.42 Å². The van der Waals surface area contributed by atoms with Gasteiger partial charge in [-0.15, -0.1) is 0 Å². The summed E-state index contributed by atoms with van der Waals surface area (Å²) in [5.74, 6) is 1.36. The molecule has 6 heteroatoms. The molecule has 33 heavy (non-hydrogen) atoms. The molecule has 0 unspecified atom stereocenters. The second-order valence-corrected chi connectivity index (χ2v) is 9.66. The van der Waals surface area contributed by atoms with E-state index in [-0.39, 0.29) is 11.4 Å². The van der Waals surface area contributed by atoms with Crippen molar-refractivity contribution in [2.24, 2.45) is 0 Å². The smallest absolute Gasteiger partial charge is 0.264 e. The minimum absolute atomic E-state index is 0.220. The molecule has 0 saturated heterocycles. The van der Waals surface area contributed by atoms with Crippen LogP contribution in [0.1, 0.15) is 5.56 Å². The molecule has 0 spiro atoms. The number of para-hydroxylation sites is 1. The summed E-state index contributed by atoms with van der Waals surface area (Å²) in [5.41, 5.74) is 2.40. The highest BCUT2D eigenvalue weighted by molar-refractivity contribution is 7.92. The highest BCUT2D eigenvalue weighted by Crippen LogP contribution is 2.30. The third-order valence-corrected chi connectivity index (χ3v) is 7.00. The van der Waals surface area contributed by atoms with Crippen molar-refractivity contribution in [3.05, 3.63) is 115 Å². The molecule has 4 rings (SSSR count). The number of hydrogen-bond acceptors (Lipinski definition) is 4. The molecule has 0 atom stereocenters. The lowest BCUT2D eigenvalue weighted by Crippen LogP contribution is -2.30. The second-order valence-electron chi connectivity index (χ2n) is 7.79. The van der Waals surface area contributed by atoms with E-state index in [0.717, 1.165) is 17.0 Å². The van der Waals surface area contributed by atoms with Crippen LogP contribution in [0.15, 0.2) is 114 Å². The Morgan fingerprint density at radius 2 is 1.15 bits per heavy atom. The number of benzene rings is 4. The maximum atomic E-state index is 13.7. The molecule has 0 aromatic heterocycles. The molecule has 0 radical (unpaired) electrons. The van der Waals surface area contributed by atoms with Gasteiger partial charge in [-0.3, -0.25) is 4.31 Å². The van der Waals surface area contributed by atoms with Crippen LogP contribution < -0.4 is 13.9 Å². The molecule has 0 fully saturated rings. The Balaban J connectivity index is 1.67. The molecule has 0 aliphatic rings. The van der Waals surface area contributed by atoms with E-state index in [4.69, 9.17) is 4.74 Å². The van der Waals surface area contributed by atoms with Gasteiger partial charge in [-0.1, -0.05) is 48.5 Å². The minimum atomic E-state index is -3.79. The number of hydrogen-bond donors (Lipinski definition) is 0.